The van der Waals surface area contributed by atoms with E-state index in [1.807, 2.05) is 0 Å². The van der Waals surface area contributed by atoms with Gasteiger partial charge in [0.1, 0.15) is 72.6 Å². The number of cyclic esters (lactones) is 1. The highest BCUT2D eigenvalue weighted by molar-refractivity contribution is 6.02. The van der Waals surface area contributed by atoms with Crippen LogP contribution in [0, 0.1) is 17.8 Å². The lowest BCUT2D eigenvalue weighted by Gasteiger charge is -2.31. The number of H-pyrrole nitrogens is 1. The first kappa shape index (κ1) is 90.9. The van der Waals surface area contributed by atoms with E-state index >= 15 is 0 Å². The number of carboxylic acids is 4. The number of aromatic amines is 1. The zero-order valence-corrected chi connectivity index (χ0v) is 61.4. The number of aromatic nitrogens is 1. The first-order chi connectivity index (χ1) is 50.7. The zero-order valence-electron chi connectivity index (χ0n) is 61.4. The second kappa shape index (κ2) is 45.2. The van der Waals surface area contributed by atoms with Gasteiger partial charge >= 0.3 is 29.8 Å². The SMILES string of the molecule is CCC(C)CCCCCCC(=O)NC(Cc1c[nH]c2ccccc12)C(=O)NC(CC(N)=O)C(=O)NC(CC(=O)O)C(=O)NC1C(=O)NCC(=O)NC(CCCN)C(=O)NC(CC(=O)O)C(=O)NC(C)C(=O)NC(CC(=O)O)C(=O)NCC(=O)NC(C)C(=O)NC(C(C)CC(=O)O)C(=O)NC(C(C)C)C(=O)OC1C. The number of nitrogens with one attached hydrogen (secondary N) is 14. The summed E-state index contributed by atoms with van der Waals surface area (Å²) in [6.07, 6.45) is -1.39. The molecule has 0 bridgehead atoms. The third kappa shape index (κ3) is 31.8. The van der Waals surface area contributed by atoms with Crippen molar-refractivity contribution in [3.05, 3.63) is 36.0 Å². The summed E-state index contributed by atoms with van der Waals surface area (Å²) in [6.45, 7) is 8.97. The number of nitrogens with two attached hydrogens (primary N) is 2. The number of unbranched alkanes of at least 4 members (excludes halogenated alkanes) is 3. The molecule has 40 heteroatoms. The molecule has 1 fully saturated rings. The molecule has 14 unspecified atom stereocenters. The summed E-state index contributed by atoms with van der Waals surface area (Å²) in [7, 11) is 0. The third-order valence-electron chi connectivity index (χ3n) is 17.3. The van der Waals surface area contributed by atoms with Crippen molar-refractivity contribution in [2.75, 3.05) is 19.6 Å². The van der Waals surface area contributed by atoms with Crippen LogP contribution in [0.4, 0.5) is 0 Å². The minimum atomic E-state index is -2.29. The molecule has 40 nitrogen and oxygen atoms in total. The van der Waals surface area contributed by atoms with Crippen molar-refractivity contribution in [2.45, 2.75) is 224 Å². The van der Waals surface area contributed by atoms with Crippen molar-refractivity contribution >= 4 is 123 Å². The molecule has 14 amide bonds. The van der Waals surface area contributed by atoms with Gasteiger partial charge in [-0.25, -0.2) is 4.79 Å². The number of carbonyl (C=O) groups excluding carboxylic acids is 15. The Morgan fingerprint density at radius 2 is 1.09 bits per heavy atom. The van der Waals surface area contributed by atoms with Crippen molar-refractivity contribution < 1.29 is 116 Å². The monoisotopic (exact) mass is 1530 g/mol. The van der Waals surface area contributed by atoms with Crippen LogP contribution >= 0.6 is 0 Å². The predicted octanol–water partition coefficient (Wildman–Crippen LogP) is -4.55. The van der Waals surface area contributed by atoms with Crippen molar-refractivity contribution in [1.29, 1.82) is 0 Å². The number of rotatable bonds is 32. The molecule has 108 heavy (non-hydrogen) atoms. The number of fused-ring (bicyclic) bond motifs is 1. The van der Waals surface area contributed by atoms with Crippen LogP contribution in [-0.4, -0.2) is 230 Å². The third-order valence-corrected chi connectivity index (χ3v) is 17.3. The lowest BCUT2D eigenvalue weighted by molar-refractivity contribution is -0.157. The van der Waals surface area contributed by atoms with Gasteiger partial charge in [0.25, 0.3) is 0 Å². The van der Waals surface area contributed by atoms with E-state index in [2.05, 4.69) is 87.9 Å². The summed E-state index contributed by atoms with van der Waals surface area (Å²) >= 11 is 0. The fourth-order valence-electron chi connectivity index (χ4n) is 11.0. The molecule has 1 aromatic heterocycles. The van der Waals surface area contributed by atoms with Crippen molar-refractivity contribution in [3.63, 3.8) is 0 Å². The number of para-hydroxylation sites is 1. The van der Waals surface area contributed by atoms with Crippen LogP contribution in [0.5, 0.6) is 0 Å². The summed E-state index contributed by atoms with van der Waals surface area (Å²) in [5.74, 6) is -27.0. The lowest BCUT2D eigenvalue weighted by Crippen LogP contribution is -2.62. The van der Waals surface area contributed by atoms with Gasteiger partial charge in [0.2, 0.25) is 82.7 Å². The number of primary amides is 1. The molecule has 1 aliphatic heterocycles. The Labute approximate surface area is 620 Å². The van der Waals surface area contributed by atoms with E-state index in [0.717, 1.165) is 46.5 Å². The average Bonchev–Trinajstić information content (AvgIpc) is 1.42. The fourth-order valence-corrected chi connectivity index (χ4v) is 11.0. The number of aliphatic carboxylic acids is 4. The molecule has 14 atom stereocenters. The molecule has 598 valence electrons. The van der Waals surface area contributed by atoms with E-state index in [4.69, 9.17) is 16.2 Å². The van der Waals surface area contributed by atoms with Gasteiger partial charge in [-0.05, 0) is 76.0 Å². The summed E-state index contributed by atoms with van der Waals surface area (Å²) in [5, 5.41) is 68.9. The molecule has 1 saturated heterocycles. The minimum Gasteiger partial charge on any atom is -0.481 e. The highest BCUT2D eigenvalue weighted by atomic mass is 16.5. The first-order valence-corrected chi connectivity index (χ1v) is 35.2. The normalized spacial score (nSPS) is 22.2. The number of carboxylic acid groups (broad SMARTS) is 4. The Morgan fingerprint density at radius 1 is 0.556 bits per heavy atom. The maximum Gasteiger partial charge on any atom is 0.329 e. The molecule has 22 N–H and O–H groups in total. The van der Waals surface area contributed by atoms with Crippen molar-refractivity contribution in [2.24, 2.45) is 29.2 Å². The molecular weight excluding hydrogens is 1420 g/mol. The van der Waals surface area contributed by atoms with Crippen LogP contribution in [-0.2, 0) is 102 Å². The molecule has 0 spiro atoms. The Bertz CT molecular complexity index is 3590. The molecule has 2 aromatic rings. The molecule has 0 radical (unpaired) electrons. The number of hydrogen-bond donors (Lipinski definition) is 20. The first-order valence-electron chi connectivity index (χ1n) is 35.2. The quantitative estimate of drug-likeness (QED) is 0.0242. The Hall–Kier alpha value is -11.3. The van der Waals surface area contributed by atoms with E-state index in [1.54, 1.807) is 30.5 Å². The highest BCUT2D eigenvalue weighted by Crippen LogP contribution is 2.21. The number of esters is 1. The predicted molar refractivity (Wildman–Crippen MR) is 378 cm³/mol. The second-order valence-corrected chi connectivity index (χ2v) is 26.8. The van der Waals surface area contributed by atoms with Crippen LogP contribution in [0.15, 0.2) is 30.5 Å². The summed E-state index contributed by atoms with van der Waals surface area (Å²) in [6, 6.07) is -13.8. The number of ether oxygens (including phenoxy) is 1. The van der Waals surface area contributed by atoms with E-state index < -0.39 is 242 Å². The van der Waals surface area contributed by atoms with Gasteiger partial charge in [0.15, 0.2) is 0 Å². The largest absolute Gasteiger partial charge is 0.481 e. The maximum absolute atomic E-state index is 14.6. The fraction of sp³-hybridized carbons (Fsp3) is 0.603. The number of benzene rings is 1. The number of hydrogen-bond acceptors (Lipinski definition) is 21. The Balaban J connectivity index is 2.16. The molecule has 0 saturated carbocycles. The van der Waals surface area contributed by atoms with Gasteiger partial charge in [-0.15, -0.1) is 0 Å². The second-order valence-electron chi connectivity index (χ2n) is 26.8. The standard InChI is InChI=1S/C68H102N16O24/c1-9-33(4)17-12-10-11-13-21-48(86)77-42(24-38-29-71-40-19-15-14-18-39(38)40)63(102)79-43(25-47(70)85)64(103)81-46(28-54(95)96)65(104)84-57-37(8)108-68(107)55(32(2)3)82-67(106)56(34(5)23-51(89)90)83-59(98)35(6)74-49(87)30-72-60(99)44(26-52(91)92)78-58(97)36(7)75-62(101)45(27-53(93)94)80-61(100)41(20-16-22-69)76-50(88)31-73-66(57)105/h14-15,18-19,29,32-37,41-46,55-57,71H,9-13,16-17,20-28,30-31,69H2,1-8H3,(H2,70,85)(H,72,99)(H,73,105)(H,74,87)(H,75,101)(H,76,88)(H,77,86)(H,78,97)(H,79,102)(H,80,100)(H,81,103)(H,82,106)(H,83,98)(H,84,104)(H,89,90)(H,91,92)(H,93,94)(H,95,96). The van der Waals surface area contributed by atoms with Gasteiger partial charge in [-0.1, -0.05) is 84.9 Å². The molecule has 1 aromatic carbocycles. The van der Waals surface area contributed by atoms with Crippen LogP contribution in [0.3, 0.4) is 0 Å². The molecule has 0 aliphatic carbocycles. The van der Waals surface area contributed by atoms with Gasteiger partial charge in [0, 0.05) is 29.9 Å². The van der Waals surface area contributed by atoms with E-state index in [0.29, 0.717) is 35.2 Å². The summed E-state index contributed by atoms with van der Waals surface area (Å²) in [4.78, 5) is 259. The van der Waals surface area contributed by atoms with E-state index in [1.165, 1.54) is 20.8 Å². The summed E-state index contributed by atoms with van der Waals surface area (Å²) < 4.78 is 5.68. The van der Waals surface area contributed by atoms with Gasteiger partial charge < -0.3 is 111 Å². The minimum absolute atomic E-state index is 0.00538. The maximum atomic E-state index is 14.6. The Kier molecular flexibility index (Phi) is 38.0. The molecular formula is C68H102N16O24. The van der Waals surface area contributed by atoms with Crippen molar-refractivity contribution in [3.8, 4) is 0 Å². The molecule has 3 rings (SSSR count). The number of amides is 14. The average molecular weight is 1530 g/mol. The van der Waals surface area contributed by atoms with Gasteiger partial charge in [0.05, 0.1) is 45.2 Å². The highest BCUT2D eigenvalue weighted by Gasteiger charge is 2.41. The molecule has 2 heterocycles. The van der Waals surface area contributed by atoms with Crippen LogP contribution in [0.1, 0.15) is 151 Å². The van der Waals surface area contributed by atoms with Gasteiger partial charge in [-0.3, -0.25) is 86.3 Å². The van der Waals surface area contributed by atoms with Gasteiger partial charge in [-0.2, -0.15) is 0 Å². The zero-order chi connectivity index (χ0) is 81.2. The molecule has 1 aliphatic rings. The van der Waals surface area contributed by atoms with E-state index in [-0.39, 0.29) is 32.2 Å². The van der Waals surface area contributed by atoms with Crippen LogP contribution < -0.4 is 80.6 Å². The van der Waals surface area contributed by atoms with Crippen LogP contribution in [0.25, 0.3) is 10.9 Å². The van der Waals surface area contributed by atoms with E-state index in [9.17, 15) is 112 Å². The van der Waals surface area contributed by atoms with Crippen LogP contribution in [0.2, 0.25) is 0 Å². The number of carbonyl (C=O) groups is 19. The topological polar surface area (TPSA) is 639 Å². The summed E-state index contributed by atoms with van der Waals surface area (Å²) in [5.41, 5.74) is 12.5. The van der Waals surface area contributed by atoms with Crippen molar-refractivity contribution in [1.82, 2.24) is 74.1 Å². The lowest BCUT2D eigenvalue weighted by atomic mass is 9.95. The smallest absolute Gasteiger partial charge is 0.329 e. The Morgan fingerprint density at radius 3 is 1.69 bits per heavy atom.